The molecule has 0 aliphatic rings. The smallest absolute Gasteiger partial charge is 0.338 e. The summed E-state index contributed by atoms with van der Waals surface area (Å²) in [7, 11) is 1.37. The van der Waals surface area contributed by atoms with Gasteiger partial charge in [0.1, 0.15) is 0 Å². The van der Waals surface area contributed by atoms with Gasteiger partial charge in [0, 0.05) is 31.2 Å². The molecular formula is C22H21N3O3. The van der Waals surface area contributed by atoms with E-state index in [1.807, 2.05) is 42.5 Å². The van der Waals surface area contributed by atoms with Crippen LogP contribution in [0, 0.1) is 0 Å². The third-order valence-corrected chi connectivity index (χ3v) is 4.24. The number of pyridine rings is 1. The first-order valence-electron chi connectivity index (χ1n) is 8.84. The molecule has 0 aliphatic carbocycles. The molecule has 3 rings (SSSR count). The van der Waals surface area contributed by atoms with Gasteiger partial charge in [-0.05, 0) is 41.5 Å². The molecule has 1 aromatic heterocycles. The first kappa shape index (κ1) is 19.1. The summed E-state index contributed by atoms with van der Waals surface area (Å²) in [6.45, 7) is 0.932. The van der Waals surface area contributed by atoms with Crippen LogP contribution in [-0.2, 0) is 17.8 Å². The molecule has 0 bridgehead atoms. The monoisotopic (exact) mass is 375 g/mol. The Morgan fingerprint density at radius 2 is 1.75 bits per heavy atom. The molecule has 142 valence electrons. The Labute approximate surface area is 163 Å². The SMILES string of the molecule is COC(=O)c1ccccc1CNc1ccc(CNC(=O)c2cccnc2)cc1. The molecule has 3 aromatic rings. The average molecular weight is 375 g/mol. The molecule has 0 spiro atoms. The molecule has 0 atom stereocenters. The quantitative estimate of drug-likeness (QED) is 0.619. The van der Waals surface area contributed by atoms with Crippen LogP contribution in [0.15, 0.2) is 73.1 Å². The predicted octanol–water partition coefficient (Wildman–Crippen LogP) is 3.41. The van der Waals surface area contributed by atoms with Gasteiger partial charge >= 0.3 is 5.97 Å². The highest BCUT2D eigenvalue weighted by Crippen LogP contribution is 2.15. The molecule has 0 fully saturated rings. The molecule has 0 aliphatic heterocycles. The molecule has 0 unspecified atom stereocenters. The van der Waals surface area contributed by atoms with Crippen LogP contribution in [-0.4, -0.2) is 24.0 Å². The number of hydrogen-bond acceptors (Lipinski definition) is 5. The highest BCUT2D eigenvalue weighted by Gasteiger charge is 2.10. The number of nitrogens with one attached hydrogen (secondary N) is 2. The van der Waals surface area contributed by atoms with Crippen LogP contribution in [0.25, 0.3) is 0 Å². The number of anilines is 1. The first-order valence-corrected chi connectivity index (χ1v) is 8.84. The molecule has 6 heteroatoms. The fourth-order valence-electron chi connectivity index (χ4n) is 2.70. The van der Waals surface area contributed by atoms with Gasteiger partial charge in [-0.3, -0.25) is 9.78 Å². The molecule has 0 radical (unpaired) electrons. The number of esters is 1. The van der Waals surface area contributed by atoms with E-state index in [0.29, 0.717) is 24.2 Å². The summed E-state index contributed by atoms with van der Waals surface area (Å²) in [5, 5.41) is 6.16. The molecular weight excluding hydrogens is 354 g/mol. The van der Waals surface area contributed by atoms with Gasteiger partial charge in [-0.25, -0.2) is 4.79 Å². The van der Waals surface area contributed by atoms with Crippen LogP contribution in [0.3, 0.4) is 0 Å². The van der Waals surface area contributed by atoms with Crippen LogP contribution >= 0.6 is 0 Å². The number of carbonyl (C=O) groups excluding carboxylic acids is 2. The second-order valence-corrected chi connectivity index (χ2v) is 6.12. The molecule has 2 N–H and O–H groups in total. The van der Waals surface area contributed by atoms with E-state index in [1.165, 1.54) is 13.3 Å². The minimum Gasteiger partial charge on any atom is -0.465 e. The zero-order valence-electron chi connectivity index (χ0n) is 15.5. The Morgan fingerprint density at radius 3 is 2.46 bits per heavy atom. The predicted molar refractivity (Wildman–Crippen MR) is 107 cm³/mol. The number of benzene rings is 2. The Bertz CT molecular complexity index is 941. The zero-order valence-corrected chi connectivity index (χ0v) is 15.5. The van der Waals surface area contributed by atoms with E-state index in [1.54, 1.807) is 24.4 Å². The summed E-state index contributed by atoms with van der Waals surface area (Å²) >= 11 is 0. The van der Waals surface area contributed by atoms with Crippen molar-refractivity contribution >= 4 is 17.6 Å². The number of carbonyl (C=O) groups is 2. The van der Waals surface area contributed by atoms with Gasteiger partial charge in [-0.15, -0.1) is 0 Å². The maximum absolute atomic E-state index is 12.1. The highest BCUT2D eigenvalue weighted by atomic mass is 16.5. The summed E-state index contributed by atoms with van der Waals surface area (Å²) in [6, 6.07) is 18.5. The number of aromatic nitrogens is 1. The molecule has 2 aromatic carbocycles. The lowest BCUT2D eigenvalue weighted by Crippen LogP contribution is -2.22. The largest absolute Gasteiger partial charge is 0.465 e. The van der Waals surface area contributed by atoms with Crippen molar-refractivity contribution in [3.05, 3.63) is 95.3 Å². The van der Waals surface area contributed by atoms with Gasteiger partial charge in [0.15, 0.2) is 0 Å². The maximum Gasteiger partial charge on any atom is 0.338 e. The second-order valence-electron chi connectivity index (χ2n) is 6.12. The number of rotatable bonds is 7. The van der Waals surface area contributed by atoms with Crippen LogP contribution in [0.2, 0.25) is 0 Å². The number of methoxy groups -OCH3 is 1. The van der Waals surface area contributed by atoms with Crippen LogP contribution in [0.4, 0.5) is 5.69 Å². The van der Waals surface area contributed by atoms with Crippen molar-refractivity contribution in [2.75, 3.05) is 12.4 Å². The fraction of sp³-hybridized carbons (Fsp3) is 0.136. The Balaban J connectivity index is 1.55. The van der Waals surface area contributed by atoms with Crippen molar-refractivity contribution in [2.24, 2.45) is 0 Å². The van der Waals surface area contributed by atoms with Gasteiger partial charge in [0.2, 0.25) is 0 Å². The fourth-order valence-corrected chi connectivity index (χ4v) is 2.70. The van der Waals surface area contributed by atoms with Crippen molar-refractivity contribution in [1.29, 1.82) is 0 Å². The van der Waals surface area contributed by atoms with Gasteiger partial charge < -0.3 is 15.4 Å². The third-order valence-electron chi connectivity index (χ3n) is 4.24. The van der Waals surface area contributed by atoms with Crippen LogP contribution in [0.1, 0.15) is 31.8 Å². The summed E-state index contributed by atoms with van der Waals surface area (Å²) in [4.78, 5) is 27.8. The van der Waals surface area contributed by atoms with E-state index < -0.39 is 0 Å². The summed E-state index contributed by atoms with van der Waals surface area (Å²) in [6.07, 6.45) is 3.17. The molecule has 6 nitrogen and oxygen atoms in total. The van der Waals surface area contributed by atoms with Gasteiger partial charge in [0.25, 0.3) is 5.91 Å². The van der Waals surface area contributed by atoms with Crippen molar-refractivity contribution in [1.82, 2.24) is 10.3 Å². The van der Waals surface area contributed by atoms with E-state index in [0.717, 1.165) is 16.8 Å². The van der Waals surface area contributed by atoms with Crippen LogP contribution in [0.5, 0.6) is 0 Å². The standard InChI is InChI=1S/C22H21N3O3/c1-28-22(27)20-7-3-2-5-17(20)15-24-19-10-8-16(9-11-19)13-25-21(26)18-6-4-12-23-14-18/h2-12,14,24H,13,15H2,1H3,(H,25,26). The lowest BCUT2D eigenvalue weighted by atomic mass is 10.1. The Morgan fingerprint density at radius 1 is 0.964 bits per heavy atom. The number of nitrogens with zero attached hydrogens (tertiary/aromatic N) is 1. The highest BCUT2D eigenvalue weighted by molar-refractivity contribution is 5.93. The van der Waals surface area contributed by atoms with E-state index in [2.05, 4.69) is 15.6 Å². The second kappa shape index (κ2) is 9.32. The minimum absolute atomic E-state index is 0.158. The molecule has 1 heterocycles. The Kier molecular flexibility index (Phi) is 6.36. The first-order chi connectivity index (χ1) is 13.7. The Hall–Kier alpha value is -3.67. The van der Waals surface area contributed by atoms with E-state index >= 15 is 0 Å². The molecule has 28 heavy (non-hydrogen) atoms. The van der Waals surface area contributed by atoms with E-state index in [9.17, 15) is 9.59 Å². The van der Waals surface area contributed by atoms with Crippen LogP contribution < -0.4 is 10.6 Å². The lowest BCUT2D eigenvalue weighted by molar-refractivity contribution is 0.0599. The molecule has 1 amide bonds. The average Bonchev–Trinajstić information content (AvgIpc) is 2.77. The molecule has 0 saturated heterocycles. The van der Waals surface area contributed by atoms with Crippen molar-refractivity contribution < 1.29 is 14.3 Å². The van der Waals surface area contributed by atoms with Gasteiger partial charge in [0.05, 0.1) is 18.2 Å². The number of ether oxygens (including phenoxy) is 1. The summed E-state index contributed by atoms with van der Waals surface area (Å²) in [5.41, 5.74) is 3.85. The van der Waals surface area contributed by atoms with Gasteiger partial charge in [-0.2, -0.15) is 0 Å². The van der Waals surface area contributed by atoms with Crippen molar-refractivity contribution in [2.45, 2.75) is 13.1 Å². The van der Waals surface area contributed by atoms with Gasteiger partial charge in [-0.1, -0.05) is 30.3 Å². The lowest BCUT2D eigenvalue weighted by Gasteiger charge is -2.11. The minimum atomic E-state index is -0.350. The summed E-state index contributed by atoms with van der Waals surface area (Å²) in [5.74, 6) is -0.508. The van der Waals surface area contributed by atoms with E-state index in [4.69, 9.17) is 4.74 Å². The number of hydrogen-bond donors (Lipinski definition) is 2. The topological polar surface area (TPSA) is 80.3 Å². The maximum atomic E-state index is 12.1. The molecule has 0 saturated carbocycles. The third kappa shape index (κ3) is 4.94. The normalized spacial score (nSPS) is 10.2. The zero-order chi connectivity index (χ0) is 19.8. The van der Waals surface area contributed by atoms with E-state index in [-0.39, 0.29) is 11.9 Å². The van der Waals surface area contributed by atoms with Crippen molar-refractivity contribution in [3.63, 3.8) is 0 Å². The van der Waals surface area contributed by atoms with Crippen molar-refractivity contribution in [3.8, 4) is 0 Å². The summed E-state index contributed by atoms with van der Waals surface area (Å²) < 4.78 is 4.82. The number of amides is 1.